The minimum atomic E-state index is -0.616. The summed E-state index contributed by atoms with van der Waals surface area (Å²) in [5.41, 5.74) is 2.91. The Bertz CT molecular complexity index is 987. The number of ether oxygens (including phenoxy) is 1. The number of rotatable bonds is 7. The van der Waals surface area contributed by atoms with Crippen LogP contribution in [0.25, 0.3) is 0 Å². The molecule has 1 fully saturated rings. The summed E-state index contributed by atoms with van der Waals surface area (Å²) in [5, 5.41) is 5.23. The van der Waals surface area contributed by atoms with Crippen molar-refractivity contribution < 1.29 is 23.9 Å². The van der Waals surface area contributed by atoms with E-state index in [0.29, 0.717) is 11.4 Å². The lowest BCUT2D eigenvalue weighted by atomic mass is 10.1. The normalized spacial score (nSPS) is 15.5. The number of benzene rings is 2. The van der Waals surface area contributed by atoms with Crippen molar-refractivity contribution in [1.82, 2.24) is 0 Å². The van der Waals surface area contributed by atoms with Crippen LogP contribution in [0.1, 0.15) is 25.8 Å². The van der Waals surface area contributed by atoms with Gasteiger partial charge in [-0.05, 0) is 42.3 Å². The molecule has 2 aromatic carbocycles. The third kappa shape index (κ3) is 5.91. The lowest BCUT2D eigenvalue weighted by Gasteiger charge is -2.17. The molecule has 1 aliphatic rings. The van der Waals surface area contributed by atoms with E-state index >= 15 is 0 Å². The number of nitrogens with one attached hydrogen (secondary N) is 2. The van der Waals surface area contributed by atoms with Gasteiger partial charge in [0, 0.05) is 37.0 Å². The Morgan fingerprint density at radius 3 is 2.39 bits per heavy atom. The molecular weight excluding hydrogens is 398 g/mol. The molecule has 1 atom stereocenters. The van der Waals surface area contributed by atoms with Crippen LogP contribution in [0.5, 0.6) is 0 Å². The van der Waals surface area contributed by atoms with Gasteiger partial charge in [0.15, 0.2) is 6.61 Å². The largest absolute Gasteiger partial charge is 0.455 e. The molecule has 1 aliphatic heterocycles. The molecular formula is C23H25N3O5. The molecule has 0 aliphatic carbocycles. The first kappa shape index (κ1) is 22.0. The van der Waals surface area contributed by atoms with Gasteiger partial charge < -0.3 is 20.3 Å². The van der Waals surface area contributed by atoms with Gasteiger partial charge in [-0.2, -0.15) is 0 Å². The molecule has 8 heteroatoms. The maximum Gasteiger partial charge on any atom is 0.311 e. The molecule has 2 aromatic rings. The fourth-order valence-corrected chi connectivity index (χ4v) is 3.36. The number of hydrogen-bond donors (Lipinski definition) is 2. The fourth-order valence-electron chi connectivity index (χ4n) is 3.36. The minimum absolute atomic E-state index is 0.0503. The molecule has 162 valence electrons. The molecule has 0 aromatic heterocycles. The molecule has 0 radical (unpaired) electrons. The van der Waals surface area contributed by atoms with Gasteiger partial charge in [-0.1, -0.05) is 25.1 Å². The second-order valence-corrected chi connectivity index (χ2v) is 7.34. The number of anilines is 3. The molecule has 2 N–H and O–H groups in total. The van der Waals surface area contributed by atoms with E-state index < -0.39 is 24.4 Å². The summed E-state index contributed by atoms with van der Waals surface area (Å²) in [5.74, 6) is -2.08. The summed E-state index contributed by atoms with van der Waals surface area (Å²) < 4.78 is 5.12. The van der Waals surface area contributed by atoms with E-state index in [0.717, 1.165) is 12.1 Å². The molecule has 31 heavy (non-hydrogen) atoms. The molecule has 0 bridgehead atoms. The zero-order chi connectivity index (χ0) is 22.4. The summed E-state index contributed by atoms with van der Waals surface area (Å²) in [6.45, 7) is 3.21. The average molecular weight is 423 g/mol. The highest BCUT2D eigenvalue weighted by Crippen LogP contribution is 2.26. The van der Waals surface area contributed by atoms with Crippen LogP contribution in [0, 0.1) is 5.92 Å². The highest BCUT2D eigenvalue weighted by Gasteiger charge is 2.36. The molecule has 3 amide bonds. The van der Waals surface area contributed by atoms with Gasteiger partial charge in [0.2, 0.25) is 11.8 Å². The van der Waals surface area contributed by atoms with Crippen molar-refractivity contribution in [3.05, 3.63) is 54.1 Å². The number of esters is 1. The van der Waals surface area contributed by atoms with E-state index in [1.54, 1.807) is 29.2 Å². The van der Waals surface area contributed by atoms with E-state index in [1.807, 2.05) is 24.3 Å². The molecule has 1 heterocycles. The fraction of sp³-hybridized carbons (Fsp3) is 0.304. The maximum absolute atomic E-state index is 12.4. The summed E-state index contributed by atoms with van der Waals surface area (Å²) >= 11 is 0. The highest BCUT2D eigenvalue weighted by atomic mass is 16.5. The highest BCUT2D eigenvalue weighted by molar-refractivity contribution is 6.00. The van der Waals surface area contributed by atoms with Gasteiger partial charge in [0.25, 0.3) is 5.91 Å². The second kappa shape index (κ2) is 9.88. The van der Waals surface area contributed by atoms with E-state index in [2.05, 4.69) is 17.6 Å². The van der Waals surface area contributed by atoms with Crippen molar-refractivity contribution in [2.45, 2.75) is 26.7 Å². The summed E-state index contributed by atoms with van der Waals surface area (Å²) in [7, 11) is 0. The predicted molar refractivity (Wildman–Crippen MR) is 117 cm³/mol. The first-order valence-electron chi connectivity index (χ1n) is 10.1. The Kier molecular flexibility index (Phi) is 7.02. The third-order valence-corrected chi connectivity index (χ3v) is 4.93. The Hall–Kier alpha value is -3.68. The lowest BCUT2D eigenvalue weighted by Crippen LogP contribution is -2.28. The van der Waals surface area contributed by atoms with Crippen molar-refractivity contribution in [3.63, 3.8) is 0 Å². The Balaban J connectivity index is 1.50. The lowest BCUT2D eigenvalue weighted by molar-refractivity contribution is -0.151. The van der Waals surface area contributed by atoms with Gasteiger partial charge in [0.05, 0.1) is 5.92 Å². The van der Waals surface area contributed by atoms with Crippen molar-refractivity contribution in [1.29, 1.82) is 0 Å². The van der Waals surface area contributed by atoms with Crippen LogP contribution in [0.2, 0.25) is 0 Å². The molecule has 0 unspecified atom stereocenters. The average Bonchev–Trinajstić information content (AvgIpc) is 3.13. The van der Waals surface area contributed by atoms with E-state index in [4.69, 9.17) is 4.74 Å². The Labute approximate surface area is 180 Å². The third-order valence-electron chi connectivity index (χ3n) is 4.93. The van der Waals surface area contributed by atoms with Gasteiger partial charge in [-0.3, -0.25) is 19.2 Å². The van der Waals surface area contributed by atoms with E-state index in [1.165, 1.54) is 12.5 Å². The van der Waals surface area contributed by atoms with Crippen molar-refractivity contribution in [2.75, 3.05) is 28.7 Å². The molecule has 8 nitrogen and oxygen atoms in total. The van der Waals surface area contributed by atoms with Gasteiger partial charge in [0.1, 0.15) is 0 Å². The topological polar surface area (TPSA) is 105 Å². The van der Waals surface area contributed by atoms with Crippen LogP contribution in [-0.4, -0.2) is 36.8 Å². The van der Waals surface area contributed by atoms with Crippen LogP contribution < -0.4 is 15.5 Å². The quantitative estimate of drug-likeness (QED) is 0.667. The molecule has 1 saturated heterocycles. The monoisotopic (exact) mass is 423 g/mol. The second-order valence-electron chi connectivity index (χ2n) is 7.34. The molecule has 3 rings (SSSR count). The van der Waals surface area contributed by atoms with Gasteiger partial charge in [-0.25, -0.2) is 0 Å². The summed E-state index contributed by atoms with van der Waals surface area (Å²) in [4.78, 5) is 49.5. The van der Waals surface area contributed by atoms with Crippen LogP contribution in [-0.2, 0) is 30.3 Å². The Morgan fingerprint density at radius 1 is 1.06 bits per heavy atom. The smallest absolute Gasteiger partial charge is 0.311 e. The van der Waals surface area contributed by atoms with Crippen molar-refractivity contribution in [2.24, 2.45) is 5.92 Å². The van der Waals surface area contributed by atoms with Crippen molar-refractivity contribution in [3.8, 4) is 0 Å². The maximum atomic E-state index is 12.4. The standard InChI is InChI=1S/C23H25N3O5/c1-3-16-7-9-20(10-8-16)26-13-17(11-22(26)29)23(30)31-14-21(28)25-19-6-4-5-18(12-19)24-15(2)27/h4-10,12,17H,3,11,13-14H2,1-2H3,(H,24,27)(H,25,28)/t17-/m1/s1. The Morgan fingerprint density at radius 2 is 1.74 bits per heavy atom. The molecule has 0 saturated carbocycles. The number of amides is 3. The summed E-state index contributed by atoms with van der Waals surface area (Å²) in [6.07, 6.45) is 0.956. The van der Waals surface area contributed by atoms with Crippen LogP contribution >= 0.6 is 0 Å². The van der Waals surface area contributed by atoms with Crippen molar-refractivity contribution >= 4 is 40.8 Å². The van der Waals surface area contributed by atoms with Gasteiger partial charge >= 0.3 is 5.97 Å². The number of hydrogen-bond acceptors (Lipinski definition) is 5. The SMILES string of the molecule is CCc1ccc(N2C[C@H](C(=O)OCC(=O)Nc3cccc(NC(C)=O)c3)CC2=O)cc1. The van der Waals surface area contributed by atoms with Crippen LogP contribution in [0.3, 0.4) is 0 Å². The first-order valence-corrected chi connectivity index (χ1v) is 10.1. The predicted octanol–water partition coefficient (Wildman–Crippen LogP) is 2.74. The van der Waals surface area contributed by atoms with Crippen LogP contribution in [0.4, 0.5) is 17.1 Å². The minimum Gasteiger partial charge on any atom is -0.455 e. The zero-order valence-corrected chi connectivity index (χ0v) is 17.5. The number of carbonyl (C=O) groups excluding carboxylic acids is 4. The number of aryl methyl sites for hydroxylation is 1. The van der Waals surface area contributed by atoms with Gasteiger partial charge in [-0.15, -0.1) is 0 Å². The van der Waals surface area contributed by atoms with E-state index in [9.17, 15) is 19.2 Å². The van der Waals surface area contributed by atoms with Crippen LogP contribution in [0.15, 0.2) is 48.5 Å². The zero-order valence-electron chi connectivity index (χ0n) is 17.5. The number of nitrogens with zero attached hydrogens (tertiary/aromatic N) is 1. The molecule has 0 spiro atoms. The summed E-state index contributed by atoms with van der Waals surface area (Å²) in [6, 6.07) is 14.3. The number of carbonyl (C=O) groups is 4. The first-order chi connectivity index (χ1) is 14.9. The van der Waals surface area contributed by atoms with E-state index in [-0.39, 0.29) is 24.8 Å².